The Hall–Kier alpha value is -1.93. The van der Waals surface area contributed by atoms with Crippen LogP contribution in [0.1, 0.15) is 48.9 Å². The molecule has 0 amide bonds. The van der Waals surface area contributed by atoms with E-state index in [-0.39, 0.29) is 22.6 Å². The fourth-order valence-corrected chi connectivity index (χ4v) is 5.35. The second kappa shape index (κ2) is 9.69. The van der Waals surface area contributed by atoms with Crippen LogP contribution in [0.5, 0.6) is 5.75 Å². The SMILES string of the molecule is O=C(c1ccc(OCCCC2CCCN2NS(=O)(=O)c2cccc(Cl)c2)cc1)C1CC1. The molecule has 6 nitrogen and oxygen atoms in total. The van der Waals surface area contributed by atoms with Gasteiger partial charge < -0.3 is 4.74 Å². The topological polar surface area (TPSA) is 75.7 Å². The highest BCUT2D eigenvalue weighted by Crippen LogP contribution is 2.33. The van der Waals surface area contributed by atoms with Crippen molar-refractivity contribution >= 4 is 27.4 Å². The van der Waals surface area contributed by atoms with Crippen molar-refractivity contribution in [3.05, 3.63) is 59.1 Å². The molecular formula is C23H27ClN2O4S. The van der Waals surface area contributed by atoms with Crippen LogP contribution in [0.4, 0.5) is 0 Å². The molecule has 31 heavy (non-hydrogen) atoms. The molecule has 1 aliphatic heterocycles. The van der Waals surface area contributed by atoms with Crippen LogP contribution in [0.15, 0.2) is 53.4 Å². The maximum absolute atomic E-state index is 12.7. The number of benzene rings is 2. The molecular weight excluding hydrogens is 436 g/mol. The average molecular weight is 463 g/mol. The fraction of sp³-hybridized carbons (Fsp3) is 0.435. The molecule has 2 aromatic rings. The molecule has 0 bridgehead atoms. The normalized spacial score (nSPS) is 19.5. The predicted octanol–water partition coefficient (Wildman–Crippen LogP) is 4.45. The largest absolute Gasteiger partial charge is 0.494 e. The van der Waals surface area contributed by atoms with Gasteiger partial charge in [0.15, 0.2) is 5.78 Å². The fourth-order valence-electron chi connectivity index (χ4n) is 3.90. The molecule has 2 aliphatic rings. The molecule has 1 N–H and O–H groups in total. The summed E-state index contributed by atoms with van der Waals surface area (Å²) in [6, 6.07) is 13.8. The third-order valence-corrected chi connectivity index (χ3v) is 7.34. The highest BCUT2D eigenvalue weighted by molar-refractivity contribution is 7.89. The number of carbonyl (C=O) groups is 1. The first kappa shape index (κ1) is 22.3. The summed E-state index contributed by atoms with van der Waals surface area (Å²) in [6.07, 6.45) is 5.53. The smallest absolute Gasteiger partial charge is 0.253 e. The van der Waals surface area contributed by atoms with Crippen molar-refractivity contribution in [3.63, 3.8) is 0 Å². The van der Waals surface area contributed by atoms with E-state index in [1.807, 2.05) is 29.3 Å². The third kappa shape index (κ3) is 5.86. The monoisotopic (exact) mass is 462 g/mol. The van der Waals surface area contributed by atoms with Gasteiger partial charge in [-0.15, -0.1) is 4.83 Å². The highest BCUT2D eigenvalue weighted by Gasteiger charge is 2.30. The molecule has 4 rings (SSSR count). The van der Waals surface area contributed by atoms with E-state index < -0.39 is 10.0 Å². The number of ketones is 1. The van der Waals surface area contributed by atoms with Crippen LogP contribution in [0.3, 0.4) is 0 Å². The van der Waals surface area contributed by atoms with E-state index in [1.54, 1.807) is 12.1 Å². The first-order valence-electron chi connectivity index (χ1n) is 10.7. The van der Waals surface area contributed by atoms with Gasteiger partial charge in [0.1, 0.15) is 5.75 Å². The van der Waals surface area contributed by atoms with Gasteiger partial charge in [0.2, 0.25) is 0 Å². The van der Waals surface area contributed by atoms with Crippen molar-refractivity contribution in [2.45, 2.75) is 49.5 Å². The summed E-state index contributed by atoms with van der Waals surface area (Å²) in [7, 11) is -3.65. The van der Waals surface area contributed by atoms with Crippen molar-refractivity contribution in [1.82, 2.24) is 9.84 Å². The molecule has 1 heterocycles. The van der Waals surface area contributed by atoms with E-state index in [4.69, 9.17) is 16.3 Å². The maximum Gasteiger partial charge on any atom is 0.253 e. The summed E-state index contributed by atoms with van der Waals surface area (Å²) in [4.78, 5) is 14.9. The van der Waals surface area contributed by atoms with Gasteiger partial charge in [0.25, 0.3) is 10.0 Å². The molecule has 0 aromatic heterocycles. The molecule has 1 saturated heterocycles. The van der Waals surface area contributed by atoms with Gasteiger partial charge in [-0.3, -0.25) is 4.79 Å². The number of ether oxygens (including phenoxy) is 1. The Bertz CT molecular complexity index is 1020. The van der Waals surface area contributed by atoms with E-state index in [1.165, 1.54) is 12.1 Å². The summed E-state index contributed by atoms with van der Waals surface area (Å²) < 4.78 is 31.1. The first-order valence-corrected chi connectivity index (χ1v) is 12.6. The molecule has 1 atom stereocenters. The van der Waals surface area contributed by atoms with Crippen LogP contribution in [0.2, 0.25) is 5.02 Å². The minimum Gasteiger partial charge on any atom is -0.494 e. The lowest BCUT2D eigenvalue weighted by Crippen LogP contribution is -2.45. The Balaban J connectivity index is 1.24. The number of halogens is 1. The number of hydrazine groups is 1. The number of nitrogens with zero attached hydrogens (tertiary/aromatic N) is 1. The van der Waals surface area contributed by atoms with Crippen molar-refractivity contribution in [2.24, 2.45) is 5.92 Å². The van der Waals surface area contributed by atoms with E-state index in [0.29, 0.717) is 18.2 Å². The van der Waals surface area contributed by atoms with Gasteiger partial charge in [-0.25, -0.2) is 13.4 Å². The highest BCUT2D eigenvalue weighted by atomic mass is 35.5. The van der Waals surface area contributed by atoms with Gasteiger partial charge in [-0.2, -0.15) is 0 Å². The molecule has 2 aromatic carbocycles. The van der Waals surface area contributed by atoms with Crippen LogP contribution < -0.4 is 9.57 Å². The van der Waals surface area contributed by atoms with Crippen molar-refractivity contribution in [3.8, 4) is 5.75 Å². The van der Waals surface area contributed by atoms with Crippen molar-refractivity contribution < 1.29 is 17.9 Å². The van der Waals surface area contributed by atoms with Gasteiger partial charge in [-0.1, -0.05) is 17.7 Å². The number of carbonyl (C=O) groups excluding carboxylic acids is 1. The molecule has 1 saturated carbocycles. The zero-order valence-corrected chi connectivity index (χ0v) is 18.9. The maximum atomic E-state index is 12.7. The number of rotatable bonds is 10. The minimum atomic E-state index is -3.65. The lowest BCUT2D eigenvalue weighted by molar-refractivity contribution is 0.0967. The number of hydrogen-bond acceptors (Lipinski definition) is 5. The Morgan fingerprint density at radius 3 is 2.61 bits per heavy atom. The van der Waals surface area contributed by atoms with Crippen LogP contribution in [0, 0.1) is 5.92 Å². The lowest BCUT2D eigenvalue weighted by atomic mass is 10.1. The minimum absolute atomic E-state index is 0.135. The van der Waals surface area contributed by atoms with Gasteiger partial charge in [0.05, 0.1) is 11.5 Å². The molecule has 166 valence electrons. The first-order chi connectivity index (χ1) is 14.9. The van der Waals surface area contributed by atoms with E-state index in [9.17, 15) is 13.2 Å². The standard InChI is InChI=1S/C23H27ClN2O4S/c24-19-4-1-7-22(16-19)31(28,29)25-26-14-2-5-20(26)6-3-15-30-21-12-10-18(11-13-21)23(27)17-8-9-17/h1,4,7,10-13,16-17,20,25H,2-3,5-6,8-9,14-15H2. The van der Waals surface area contributed by atoms with Crippen molar-refractivity contribution in [2.75, 3.05) is 13.2 Å². The summed E-state index contributed by atoms with van der Waals surface area (Å²) in [5, 5.41) is 2.21. The second-order valence-electron chi connectivity index (χ2n) is 8.20. The molecule has 1 aliphatic carbocycles. The number of sulfonamides is 1. The molecule has 0 radical (unpaired) electrons. The van der Waals surface area contributed by atoms with Gasteiger partial charge >= 0.3 is 0 Å². The van der Waals surface area contributed by atoms with E-state index in [0.717, 1.165) is 49.8 Å². The van der Waals surface area contributed by atoms with E-state index >= 15 is 0 Å². The average Bonchev–Trinajstić information content (AvgIpc) is 3.52. The molecule has 8 heteroatoms. The molecule has 0 spiro atoms. The Morgan fingerprint density at radius 1 is 1.13 bits per heavy atom. The third-order valence-electron chi connectivity index (χ3n) is 5.76. The van der Waals surface area contributed by atoms with Crippen LogP contribution in [-0.4, -0.2) is 38.4 Å². The molecule has 2 fully saturated rings. The molecule has 1 unspecified atom stereocenters. The van der Waals surface area contributed by atoms with Crippen LogP contribution >= 0.6 is 11.6 Å². The Labute approximate surface area is 188 Å². The zero-order chi connectivity index (χ0) is 21.8. The van der Waals surface area contributed by atoms with Crippen LogP contribution in [0.25, 0.3) is 0 Å². The van der Waals surface area contributed by atoms with Crippen molar-refractivity contribution in [1.29, 1.82) is 0 Å². The lowest BCUT2D eigenvalue weighted by Gasteiger charge is -2.25. The number of hydrogen-bond donors (Lipinski definition) is 1. The van der Waals surface area contributed by atoms with Gasteiger partial charge in [0, 0.05) is 29.1 Å². The summed E-state index contributed by atoms with van der Waals surface area (Å²) in [6.45, 7) is 1.23. The van der Waals surface area contributed by atoms with Gasteiger partial charge in [-0.05, 0) is 81.0 Å². The quantitative estimate of drug-likeness (QED) is 0.417. The predicted molar refractivity (Wildman–Crippen MR) is 120 cm³/mol. The zero-order valence-electron chi connectivity index (χ0n) is 17.3. The number of nitrogens with one attached hydrogen (secondary N) is 1. The number of Topliss-reactive ketones (excluding diaryl/α,β-unsaturated/α-hetero) is 1. The summed E-state index contributed by atoms with van der Waals surface area (Å²) in [5.74, 6) is 1.20. The summed E-state index contributed by atoms with van der Waals surface area (Å²) in [5.41, 5.74) is 0.753. The second-order valence-corrected chi connectivity index (χ2v) is 10.3. The Morgan fingerprint density at radius 2 is 1.90 bits per heavy atom. The van der Waals surface area contributed by atoms with Crippen LogP contribution in [-0.2, 0) is 10.0 Å². The summed E-state index contributed by atoms with van der Waals surface area (Å²) >= 11 is 5.94. The Kier molecular flexibility index (Phi) is 6.96. The van der Waals surface area contributed by atoms with E-state index in [2.05, 4.69) is 4.83 Å².